The minimum Gasteiger partial charge on any atom is -0.287 e. The Kier molecular flexibility index (Phi) is 2.62. The van der Waals surface area contributed by atoms with Gasteiger partial charge in [0.25, 0.3) is 0 Å². The SMILES string of the molecule is CC(=O)N1c2ccccc2-c2c([N+](=O)[O-])cnn2C1(C)C. The summed E-state index contributed by atoms with van der Waals surface area (Å²) in [7, 11) is 0. The van der Waals surface area contributed by atoms with Crippen LogP contribution in [0.5, 0.6) is 0 Å². The molecule has 0 N–H and O–H groups in total. The van der Waals surface area contributed by atoms with Gasteiger partial charge in [-0.25, -0.2) is 4.68 Å². The average molecular weight is 286 g/mol. The zero-order chi connectivity index (χ0) is 15.4. The van der Waals surface area contributed by atoms with Crippen LogP contribution in [0.4, 0.5) is 11.4 Å². The molecule has 108 valence electrons. The van der Waals surface area contributed by atoms with Gasteiger partial charge in [0.05, 0.1) is 10.6 Å². The summed E-state index contributed by atoms with van der Waals surface area (Å²) in [5.41, 5.74) is 0.850. The molecule has 1 aromatic heterocycles. The molecule has 0 saturated carbocycles. The van der Waals surface area contributed by atoms with Gasteiger partial charge < -0.3 is 0 Å². The lowest BCUT2D eigenvalue weighted by Gasteiger charge is -2.43. The first kappa shape index (κ1) is 13.3. The molecule has 3 rings (SSSR count). The molecule has 0 spiro atoms. The molecule has 1 aliphatic heterocycles. The lowest BCUT2D eigenvalue weighted by atomic mass is 9.99. The minimum absolute atomic E-state index is 0.0567. The van der Waals surface area contributed by atoms with Gasteiger partial charge in [-0.1, -0.05) is 18.2 Å². The van der Waals surface area contributed by atoms with Crippen molar-refractivity contribution in [1.29, 1.82) is 0 Å². The normalized spacial score (nSPS) is 15.3. The van der Waals surface area contributed by atoms with Crippen LogP contribution in [0.1, 0.15) is 20.8 Å². The van der Waals surface area contributed by atoms with Gasteiger partial charge >= 0.3 is 5.69 Å². The van der Waals surface area contributed by atoms with Crippen molar-refractivity contribution in [1.82, 2.24) is 9.78 Å². The Bertz CT molecular complexity index is 763. The highest BCUT2D eigenvalue weighted by molar-refractivity contribution is 5.99. The molecule has 1 aromatic carbocycles. The maximum Gasteiger partial charge on any atom is 0.315 e. The summed E-state index contributed by atoms with van der Waals surface area (Å²) in [5.74, 6) is -0.142. The van der Waals surface area contributed by atoms with E-state index in [9.17, 15) is 14.9 Å². The fourth-order valence-electron chi connectivity index (χ4n) is 2.95. The average Bonchev–Trinajstić information content (AvgIpc) is 2.84. The largest absolute Gasteiger partial charge is 0.315 e. The van der Waals surface area contributed by atoms with Crippen molar-refractivity contribution in [2.24, 2.45) is 0 Å². The second-order valence-electron chi connectivity index (χ2n) is 5.41. The van der Waals surface area contributed by atoms with E-state index in [-0.39, 0.29) is 11.6 Å². The quantitative estimate of drug-likeness (QED) is 0.596. The summed E-state index contributed by atoms with van der Waals surface area (Å²) in [6, 6.07) is 7.15. The van der Waals surface area contributed by atoms with Crippen LogP contribution in [0.25, 0.3) is 11.3 Å². The molecule has 21 heavy (non-hydrogen) atoms. The molecule has 0 saturated heterocycles. The molecule has 0 radical (unpaired) electrons. The van der Waals surface area contributed by atoms with Crippen molar-refractivity contribution >= 4 is 17.3 Å². The van der Waals surface area contributed by atoms with Gasteiger partial charge in [-0.05, 0) is 19.9 Å². The Morgan fingerprint density at radius 2 is 2.00 bits per heavy atom. The minimum atomic E-state index is -0.816. The number of rotatable bonds is 1. The Hall–Kier alpha value is -2.70. The number of carbonyl (C=O) groups excluding carboxylic acids is 1. The second kappa shape index (κ2) is 4.15. The van der Waals surface area contributed by atoms with Crippen molar-refractivity contribution < 1.29 is 9.72 Å². The van der Waals surface area contributed by atoms with Crippen LogP contribution in [0, 0.1) is 10.1 Å². The van der Waals surface area contributed by atoms with E-state index in [1.807, 2.05) is 19.9 Å². The maximum absolute atomic E-state index is 12.1. The third-order valence-corrected chi connectivity index (χ3v) is 3.73. The van der Waals surface area contributed by atoms with Crippen LogP contribution < -0.4 is 4.90 Å². The molecule has 2 heterocycles. The van der Waals surface area contributed by atoms with Crippen LogP contribution in [0.3, 0.4) is 0 Å². The maximum atomic E-state index is 12.1. The fraction of sp³-hybridized carbons (Fsp3) is 0.286. The Labute approximate surface area is 120 Å². The molecule has 0 fully saturated rings. The molecule has 1 aliphatic rings. The molecule has 0 atom stereocenters. The highest BCUT2D eigenvalue weighted by atomic mass is 16.6. The summed E-state index contributed by atoms with van der Waals surface area (Å²) in [6.07, 6.45) is 1.23. The standard InChI is InChI=1S/C14H14N4O3/c1-9(19)16-11-7-5-4-6-10(11)13-12(18(20)21)8-15-17(13)14(16,2)3/h4-8H,1-3H3. The van der Waals surface area contributed by atoms with Gasteiger partial charge in [0.15, 0.2) is 5.69 Å². The van der Waals surface area contributed by atoms with Gasteiger partial charge in [-0.2, -0.15) is 5.10 Å². The van der Waals surface area contributed by atoms with Crippen molar-refractivity contribution in [3.05, 3.63) is 40.6 Å². The van der Waals surface area contributed by atoms with E-state index >= 15 is 0 Å². The Morgan fingerprint density at radius 1 is 1.33 bits per heavy atom. The molecule has 7 heteroatoms. The van der Waals surface area contributed by atoms with Gasteiger partial charge in [-0.15, -0.1) is 0 Å². The van der Waals surface area contributed by atoms with E-state index < -0.39 is 10.6 Å². The lowest BCUT2D eigenvalue weighted by Crippen LogP contribution is -2.52. The van der Waals surface area contributed by atoms with Crippen LogP contribution in [-0.4, -0.2) is 20.6 Å². The van der Waals surface area contributed by atoms with Gasteiger partial charge in [0.2, 0.25) is 5.91 Å². The van der Waals surface area contributed by atoms with E-state index in [4.69, 9.17) is 0 Å². The topological polar surface area (TPSA) is 81.3 Å². The predicted octanol–water partition coefficient (Wildman–Crippen LogP) is 2.52. The summed E-state index contributed by atoms with van der Waals surface area (Å²) in [6.45, 7) is 5.09. The van der Waals surface area contributed by atoms with Crippen LogP contribution >= 0.6 is 0 Å². The third kappa shape index (κ3) is 1.67. The Balaban J connectivity index is 2.40. The molecular weight excluding hydrogens is 272 g/mol. The number of hydrogen-bond acceptors (Lipinski definition) is 4. The zero-order valence-electron chi connectivity index (χ0n) is 11.9. The van der Waals surface area contributed by atoms with E-state index in [0.717, 1.165) is 0 Å². The number of anilines is 1. The number of aromatic nitrogens is 2. The molecular formula is C14H14N4O3. The molecule has 0 unspecified atom stereocenters. The van der Waals surface area contributed by atoms with Crippen molar-refractivity contribution in [3.63, 3.8) is 0 Å². The van der Waals surface area contributed by atoms with Gasteiger partial charge in [0, 0.05) is 12.5 Å². The number of nitro groups is 1. The first-order valence-electron chi connectivity index (χ1n) is 6.49. The number of benzene rings is 1. The smallest absolute Gasteiger partial charge is 0.287 e. The highest BCUT2D eigenvalue weighted by Gasteiger charge is 2.43. The number of hydrogen-bond donors (Lipinski definition) is 0. The number of para-hydroxylation sites is 1. The summed E-state index contributed by atoms with van der Waals surface area (Å²) in [5, 5.41) is 15.4. The first-order valence-corrected chi connectivity index (χ1v) is 6.49. The van der Waals surface area contributed by atoms with Gasteiger partial charge in [-0.3, -0.25) is 19.8 Å². The molecule has 1 amide bonds. The van der Waals surface area contributed by atoms with Crippen LogP contribution in [-0.2, 0) is 10.5 Å². The van der Waals surface area contributed by atoms with Crippen molar-refractivity contribution in [2.45, 2.75) is 26.4 Å². The second-order valence-corrected chi connectivity index (χ2v) is 5.41. The van der Waals surface area contributed by atoms with E-state index in [0.29, 0.717) is 16.9 Å². The number of fused-ring (bicyclic) bond motifs is 3. The van der Waals surface area contributed by atoms with Crippen molar-refractivity contribution in [2.75, 3.05) is 4.90 Å². The zero-order valence-corrected chi connectivity index (χ0v) is 11.9. The summed E-state index contributed by atoms with van der Waals surface area (Å²) in [4.78, 5) is 24.5. The summed E-state index contributed by atoms with van der Waals surface area (Å²) < 4.78 is 1.54. The number of carbonyl (C=O) groups is 1. The Morgan fingerprint density at radius 3 is 2.62 bits per heavy atom. The molecule has 0 bridgehead atoms. The summed E-state index contributed by atoms with van der Waals surface area (Å²) >= 11 is 0. The fourth-order valence-corrected chi connectivity index (χ4v) is 2.95. The first-order chi connectivity index (χ1) is 9.85. The molecule has 2 aromatic rings. The lowest BCUT2D eigenvalue weighted by molar-refractivity contribution is -0.384. The molecule has 7 nitrogen and oxygen atoms in total. The van der Waals surface area contributed by atoms with E-state index in [1.54, 1.807) is 23.1 Å². The highest BCUT2D eigenvalue weighted by Crippen LogP contribution is 2.46. The van der Waals surface area contributed by atoms with Gasteiger partial charge in [0.1, 0.15) is 11.9 Å². The molecule has 0 aliphatic carbocycles. The van der Waals surface area contributed by atoms with Crippen molar-refractivity contribution in [3.8, 4) is 11.3 Å². The van der Waals surface area contributed by atoms with Crippen LogP contribution in [0.15, 0.2) is 30.5 Å². The van der Waals surface area contributed by atoms with Crippen LogP contribution in [0.2, 0.25) is 0 Å². The van der Waals surface area contributed by atoms with E-state index in [2.05, 4.69) is 5.10 Å². The van der Waals surface area contributed by atoms with E-state index in [1.165, 1.54) is 17.8 Å². The monoisotopic (exact) mass is 286 g/mol. The third-order valence-electron chi connectivity index (χ3n) is 3.73. The number of nitrogens with zero attached hydrogens (tertiary/aromatic N) is 4. The predicted molar refractivity (Wildman–Crippen MR) is 76.8 cm³/mol. The number of amides is 1.